The Labute approximate surface area is 193 Å². The molecule has 158 valence electrons. The summed E-state index contributed by atoms with van der Waals surface area (Å²) in [7, 11) is 0. The molecule has 1 unspecified atom stereocenters. The van der Waals surface area contributed by atoms with Crippen molar-refractivity contribution in [2.45, 2.75) is 50.6 Å². The van der Waals surface area contributed by atoms with Crippen LogP contribution in [0.25, 0.3) is 0 Å². The van der Waals surface area contributed by atoms with Crippen molar-refractivity contribution in [3.05, 3.63) is 24.8 Å². The van der Waals surface area contributed by atoms with Crippen LogP contribution in [-0.2, 0) is 9.53 Å². The molecule has 0 saturated heterocycles. The Bertz CT molecular complexity index is 837. The van der Waals surface area contributed by atoms with E-state index in [1.54, 1.807) is 6.07 Å². The molecule has 1 atom stereocenters. The number of carbonyl (C=O) groups is 2. The van der Waals surface area contributed by atoms with Gasteiger partial charge in [-0.3, -0.25) is 0 Å². The highest BCUT2D eigenvalue weighted by atomic mass is 127. The Morgan fingerprint density at radius 1 is 1.10 bits per heavy atom. The largest absolute Gasteiger partial charge is 0.506 e. The summed E-state index contributed by atoms with van der Waals surface area (Å²) in [6.07, 6.45) is 2.25. The van der Waals surface area contributed by atoms with Gasteiger partial charge in [0.2, 0.25) is 0 Å². The highest BCUT2D eigenvalue weighted by Gasteiger charge is 2.65. The number of hydrogen-bond donors (Lipinski definition) is 2. The smallest absolute Gasteiger partial charge is 0.379 e. The van der Waals surface area contributed by atoms with Crippen molar-refractivity contribution in [2.75, 3.05) is 0 Å². The molecule has 0 aliphatic heterocycles. The Balaban J connectivity index is 1.71. The summed E-state index contributed by atoms with van der Waals surface area (Å²) in [5.41, 5.74) is -1.26. The molecule has 4 aliphatic rings. The first-order chi connectivity index (χ1) is 13.5. The van der Waals surface area contributed by atoms with E-state index in [1.165, 1.54) is 6.07 Å². The molecule has 0 amide bonds. The van der Waals surface area contributed by atoms with Crippen LogP contribution in [0.1, 0.15) is 48.9 Å². The molecular formula is C20H20F2I2O5. The van der Waals surface area contributed by atoms with Crippen molar-refractivity contribution in [3.8, 4) is 5.75 Å². The lowest BCUT2D eigenvalue weighted by Gasteiger charge is -2.59. The molecular weight excluding hydrogens is 612 g/mol. The number of benzene rings is 1. The summed E-state index contributed by atoms with van der Waals surface area (Å²) in [5.74, 6) is -7.12. The zero-order chi connectivity index (χ0) is 21.1. The molecule has 4 fully saturated rings. The fourth-order valence-electron chi connectivity index (χ4n) is 6.09. The van der Waals surface area contributed by atoms with Gasteiger partial charge in [-0.1, -0.05) is 0 Å². The predicted octanol–water partition coefficient (Wildman–Crippen LogP) is 5.06. The number of hydrogen-bond acceptors (Lipinski definition) is 4. The van der Waals surface area contributed by atoms with Gasteiger partial charge in [0.05, 0.1) is 3.57 Å². The Kier molecular flexibility index (Phi) is 5.53. The summed E-state index contributed by atoms with van der Waals surface area (Å²) in [4.78, 5) is 24.3. The van der Waals surface area contributed by atoms with Crippen LogP contribution in [0.15, 0.2) is 12.1 Å². The summed E-state index contributed by atoms with van der Waals surface area (Å²) < 4.78 is 36.1. The molecule has 0 aromatic heterocycles. The lowest BCUT2D eigenvalue weighted by atomic mass is 9.47. The second-order valence-electron chi connectivity index (χ2n) is 8.78. The van der Waals surface area contributed by atoms with E-state index < -0.39 is 29.4 Å². The Morgan fingerprint density at radius 2 is 1.62 bits per heavy atom. The number of alkyl halides is 2. The van der Waals surface area contributed by atoms with Crippen LogP contribution in [-0.4, -0.2) is 34.2 Å². The van der Waals surface area contributed by atoms with Crippen molar-refractivity contribution in [1.82, 2.24) is 0 Å². The second-order valence-corrected chi connectivity index (χ2v) is 11.2. The summed E-state index contributed by atoms with van der Waals surface area (Å²) in [6.45, 7) is 0. The van der Waals surface area contributed by atoms with E-state index in [0.717, 1.165) is 19.3 Å². The lowest BCUT2D eigenvalue weighted by molar-refractivity contribution is -0.221. The van der Waals surface area contributed by atoms with Crippen LogP contribution in [0, 0.1) is 30.3 Å². The third kappa shape index (κ3) is 3.74. The standard InChI is InChI=1S/C20H20F2I2O5/c21-20(22,18(27)28)17(19-6-9-1-10(7-19)3-11(2-9)8-19)29-16(26)13-4-12(23)5-14(24)15(13)25/h4-5,9-11,17,25H,1-3,6-8H2,(H,27,28). The third-order valence-electron chi connectivity index (χ3n) is 6.73. The molecule has 2 N–H and O–H groups in total. The summed E-state index contributed by atoms with van der Waals surface area (Å²) >= 11 is 3.79. The molecule has 1 aromatic carbocycles. The maximum Gasteiger partial charge on any atom is 0.379 e. The quantitative estimate of drug-likeness (QED) is 0.351. The van der Waals surface area contributed by atoms with Crippen molar-refractivity contribution in [2.24, 2.45) is 23.2 Å². The van der Waals surface area contributed by atoms with Gasteiger partial charge in [0, 0.05) is 8.99 Å². The average Bonchev–Trinajstić information content (AvgIpc) is 2.60. The highest BCUT2D eigenvalue weighted by Crippen LogP contribution is 2.63. The minimum absolute atomic E-state index is 0.225. The van der Waals surface area contributed by atoms with Crippen LogP contribution in [0.5, 0.6) is 5.75 Å². The van der Waals surface area contributed by atoms with Crippen LogP contribution < -0.4 is 0 Å². The number of phenolic OH excluding ortho intramolecular Hbond substituents is 1. The number of halogens is 4. The predicted molar refractivity (Wildman–Crippen MR) is 116 cm³/mol. The number of esters is 1. The first-order valence-corrected chi connectivity index (χ1v) is 11.7. The summed E-state index contributed by atoms with van der Waals surface area (Å²) in [6, 6.07) is 2.99. The van der Waals surface area contributed by atoms with Crippen molar-refractivity contribution in [3.63, 3.8) is 0 Å². The first-order valence-electron chi connectivity index (χ1n) is 9.52. The van der Waals surface area contributed by atoms with Gasteiger partial charge < -0.3 is 14.9 Å². The fourth-order valence-corrected chi connectivity index (χ4v) is 7.93. The zero-order valence-corrected chi connectivity index (χ0v) is 19.7. The van der Waals surface area contributed by atoms with Crippen molar-refractivity contribution >= 4 is 57.1 Å². The van der Waals surface area contributed by atoms with Crippen LogP contribution in [0.4, 0.5) is 8.78 Å². The zero-order valence-electron chi connectivity index (χ0n) is 15.3. The van der Waals surface area contributed by atoms with E-state index >= 15 is 0 Å². The molecule has 4 saturated carbocycles. The van der Waals surface area contributed by atoms with Gasteiger partial charge in [-0.05, 0) is 114 Å². The summed E-state index contributed by atoms with van der Waals surface area (Å²) in [5, 5.41) is 19.5. The van der Waals surface area contributed by atoms with E-state index in [0.29, 0.717) is 26.4 Å². The molecule has 1 aromatic rings. The maximum absolute atomic E-state index is 14.9. The SMILES string of the molecule is O=C(OC(C12CC3CC(CC(C3)C1)C2)C(F)(F)C(=O)O)c1cc(I)cc(I)c1O. The normalized spacial score (nSPS) is 31.5. The van der Waals surface area contributed by atoms with Gasteiger partial charge in [0.15, 0.2) is 6.10 Å². The van der Waals surface area contributed by atoms with Crippen LogP contribution >= 0.6 is 45.2 Å². The van der Waals surface area contributed by atoms with Gasteiger partial charge in [-0.2, -0.15) is 8.78 Å². The number of carboxylic acids is 1. The number of phenols is 1. The number of aromatic hydroxyl groups is 1. The Hall–Kier alpha value is -0.720. The monoisotopic (exact) mass is 632 g/mol. The maximum atomic E-state index is 14.9. The van der Waals surface area contributed by atoms with Gasteiger partial charge in [0.1, 0.15) is 11.3 Å². The van der Waals surface area contributed by atoms with E-state index in [-0.39, 0.29) is 29.1 Å². The van der Waals surface area contributed by atoms with Crippen LogP contribution in [0.2, 0.25) is 0 Å². The van der Waals surface area contributed by atoms with Gasteiger partial charge in [-0.15, -0.1) is 0 Å². The van der Waals surface area contributed by atoms with Crippen LogP contribution in [0.3, 0.4) is 0 Å². The molecule has 5 rings (SSSR count). The molecule has 9 heteroatoms. The van der Waals surface area contributed by atoms with Gasteiger partial charge >= 0.3 is 17.9 Å². The number of carbonyl (C=O) groups excluding carboxylic acids is 1. The third-order valence-corrected chi connectivity index (χ3v) is 8.17. The van der Waals surface area contributed by atoms with Gasteiger partial charge in [0.25, 0.3) is 0 Å². The molecule has 0 radical (unpaired) electrons. The van der Waals surface area contributed by atoms with Crippen molar-refractivity contribution < 1.29 is 33.3 Å². The molecule has 4 aliphatic carbocycles. The number of rotatable bonds is 5. The Morgan fingerprint density at radius 3 is 2.10 bits per heavy atom. The molecule has 29 heavy (non-hydrogen) atoms. The minimum atomic E-state index is -4.20. The lowest BCUT2D eigenvalue weighted by Crippen LogP contribution is -2.60. The second kappa shape index (κ2) is 7.45. The number of carboxylic acid groups (broad SMARTS) is 1. The molecule has 0 heterocycles. The fraction of sp³-hybridized carbons (Fsp3) is 0.600. The number of ether oxygens (including phenoxy) is 1. The molecule has 0 spiro atoms. The average molecular weight is 632 g/mol. The number of aliphatic carboxylic acids is 1. The van der Waals surface area contributed by atoms with Gasteiger partial charge in [-0.25, -0.2) is 9.59 Å². The van der Waals surface area contributed by atoms with Crippen molar-refractivity contribution in [1.29, 1.82) is 0 Å². The topological polar surface area (TPSA) is 83.8 Å². The minimum Gasteiger partial charge on any atom is -0.506 e. The molecule has 5 nitrogen and oxygen atoms in total. The van der Waals surface area contributed by atoms with E-state index in [9.17, 15) is 28.6 Å². The first kappa shape index (κ1) is 21.5. The van der Waals surface area contributed by atoms with E-state index in [2.05, 4.69) is 0 Å². The van der Waals surface area contributed by atoms with E-state index in [1.807, 2.05) is 45.2 Å². The highest BCUT2D eigenvalue weighted by molar-refractivity contribution is 14.1. The van der Waals surface area contributed by atoms with E-state index in [4.69, 9.17) is 4.74 Å². The molecule has 4 bridgehead atoms.